The third-order valence-electron chi connectivity index (χ3n) is 4.72. The van der Waals surface area contributed by atoms with Gasteiger partial charge in [0.1, 0.15) is 0 Å². The van der Waals surface area contributed by atoms with Gasteiger partial charge in [0.25, 0.3) is 10.0 Å². The van der Waals surface area contributed by atoms with Crippen molar-refractivity contribution in [2.75, 3.05) is 18.9 Å². The van der Waals surface area contributed by atoms with Crippen LogP contribution in [0.15, 0.2) is 23.4 Å². The molecule has 2 bridgehead atoms. The summed E-state index contributed by atoms with van der Waals surface area (Å²) in [4.78, 5) is 4.00. The molecule has 3 atom stereocenters. The highest BCUT2D eigenvalue weighted by Crippen LogP contribution is 2.48. The summed E-state index contributed by atoms with van der Waals surface area (Å²) in [6.45, 7) is 0.545. The van der Waals surface area contributed by atoms with E-state index in [0.29, 0.717) is 18.2 Å². The summed E-state index contributed by atoms with van der Waals surface area (Å²) in [6.07, 6.45) is 6.57. The predicted molar refractivity (Wildman–Crippen MR) is 77.9 cm³/mol. The van der Waals surface area contributed by atoms with Crippen LogP contribution < -0.4 is 10.0 Å². The molecule has 0 radical (unpaired) electrons. The van der Waals surface area contributed by atoms with Crippen molar-refractivity contribution in [3.63, 3.8) is 0 Å². The molecule has 1 aromatic heterocycles. The van der Waals surface area contributed by atoms with Gasteiger partial charge in [0.05, 0.1) is 5.69 Å². The highest BCUT2D eigenvalue weighted by molar-refractivity contribution is 7.89. The van der Waals surface area contributed by atoms with Crippen molar-refractivity contribution in [2.24, 2.45) is 17.8 Å². The Bertz CT molecular complexity index is 588. The molecule has 3 unspecified atom stereocenters. The molecular formula is C14H21N3O2S. The molecule has 0 aliphatic heterocycles. The van der Waals surface area contributed by atoms with E-state index in [1.54, 1.807) is 19.2 Å². The third-order valence-corrected chi connectivity index (χ3v) is 6.10. The largest absolute Gasteiger partial charge is 0.386 e. The SMILES string of the molecule is CNc1cccnc1S(=O)(=O)NCC1CC2CCC1C2. The molecule has 20 heavy (non-hydrogen) atoms. The summed E-state index contributed by atoms with van der Waals surface area (Å²) in [5, 5.41) is 2.96. The number of aromatic nitrogens is 1. The zero-order chi connectivity index (χ0) is 14.2. The maximum Gasteiger partial charge on any atom is 0.260 e. The molecular weight excluding hydrogens is 274 g/mol. The Morgan fingerprint density at radius 3 is 2.85 bits per heavy atom. The van der Waals surface area contributed by atoms with E-state index in [1.807, 2.05) is 0 Å². The van der Waals surface area contributed by atoms with E-state index in [9.17, 15) is 8.42 Å². The first-order valence-corrected chi connectivity index (χ1v) is 8.71. The van der Waals surface area contributed by atoms with Crippen molar-refractivity contribution in [3.05, 3.63) is 18.3 Å². The number of fused-ring (bicyclic) bond motifs is 2. The minimum absolute atomic E-state index is 0.0886. The molecule has 0 spiro atoms. The highest BCUT2D eigenvalue weighted by Gasteiger charge is 2.39. The Morgan fingerprint density at radius 1 is 1.35 bits per heavy atom. The molecule has 6 heteroatoms. The number of anilines is 1. The van der Waals surface area contributed by atoms with Gasteiger partial charge in [0, 0.05) is 19.8 Å². The van der Waals surface area contributed by atoms with Crippen LogP contribution in [0.2, 0.25) is 0 Å². The van der Waals surface area contributed by atoms with E-state index in [1.165, 1.54) is 31.9 Å². The Labute approximate surface area is 120 Å². The number of pyridine rings is 1. The van der Waals surface area contributed by atoms with Gasteiger partial charge < -0.3 is 5.32 Å². The minimum Gasteiger partial charge on any atom is -0.386 e. The summed E-state index contributed by atoms with van der Waals surface area (Å²) in [5.41, 5.74) is 0.535. The average molecular weight is 295 g/mol. The number of sulfonamides is 1. The summed E-state index contributed by atoms with van der Waals surface area (Å²) in [6, 6.07) is 3.44. The molecule has 1 heterocycles. The maximum atomic E-state index is 12.4. The smallest absolute Gasteiger partial charge is 0.260 e. The molecule has 1 aromatic rings. The zero-order valence-electron chi connectivity index (χ0n) is 11.7. The van der Waals surface area contributed by atoms with Gasteiger partial charge in [-0.05, 0) is 49.1 Å². The molecule has 0 saturated heterocycles. The van der Waals surface area contributed by atoms with E-state index >= 15 is 0 Å². The summed E-state index contributed by atoms with van der Waals surface area (Å²) in [7, 11) is -1.83. The average Bonchev–Trinajstić information content (AvgIpc) is 3.07. The summed E-state index contributed by atoms with van der Waals surface area (Å²) in [5.74, 6) is 2.05. The molecule has 2 fully saturated rings. The predicted octanol–water partition coefficient (Wildman–Crippen LogP) is 1.84. The van der Waals surface area contributed by atoms with E-state index in [2.05, 4.69) is 15.0 Å². The van der Waals surface area contributed by atoms with Crippen molar-refractivity contribution in [2.45, 2.75) is 30.7 Å². The molecule has 2 N–H and O–H groups in total. The molecule has 2 aliphatic carbocycles. The van der Waals surface area contributed by atoms with Crippen LogP contribution in [0.5, 0.6) is 0 Å². The second kappa shape index (κ2) is 5.33. The fraction of sp³-hybridized carbons (Fsp3) is 0.643. The Kier molecular flexibility index (Phi) is 3.69. The van der Waals surface area contributed by atoms with Gasteiger partial charge in [0.2, 0.25) is 0 Å². The molecule has 2 saturated carbocycles. The monoisotopic (exact) mass is 295 g/mol. The zero-order valence-corrected chi connectivity index (χ0v) is 12.5. The summed E-state index contributed by atoms with van der Waals surface area (Å²) < 4.78 is 27.5. The number of hydrogen-bond acceptors (Lipinski definition) is 4. The molecule has 3 rings (SSSR count). The topological polar surface area (TPSA) is 71.1 Å². The van der Waals surface area contributed by atoms with Gasteiger partial charge in [0.15, 0.2) is 5.03 Å². The van der Waals surface area contributed by atoms with Gasteiger partial charge in [-0.2, -0.15) is 0 Å². The Morgan fingerprint density at radius 2 is 2.20 bits per heavy atom. The number of nitrogens with zero attached hydrogens (tertiary/aromatic N) is 1. The second-order valence-corrected chi connectivity index (χ2v) is 7.58. The first-order chi connectivity index (χ1) is 9.60. The van der Waals surface area contributed by atoms with Gasteiger partial charge in [-0.3, -0.25) is 0 Å². The fourth-order valence-electron chi connectivity index (χ4n) is 3.71. The first-order valence-electron chi connectivity index (χ1n) is 7.22. The lowest BCUT2D eigenvalue weighted by molar-refractivity contribution is 0.332. The fourth-order valence-corrected chi connectivity index (χ4v) is 4.94. The molecule has 110 valence electrons. The van der Waals surface area contributed by atoms with Crippen molar-refractivity contribution in [1.82, 2.24) is 9.71 Å². The maximum absolute atomic E-state index is 12.4. The normalized spacial score (nSPS) is 28.8. The number of nitrogens with one attached hydrogen (secondary N) is 2. The van der Waals surface area contributed by atoms with E-state index in [0.717, 1.165) is 11.8 Å². The van der Waals surface area contributed by atoms with Gasteiger partial charge in [-0.25, -0.2) is 18.1 Å². The van der Waals surface area contributed by atoms with Crippen LogP contribution in [0.3, 0.4) is 0 Å². The van der Waals surface area contributed by atoms with Gasteiger partial charge in [-0.15, -0.1) is 0 Å². The van der Waals surface area contributed by atoms with Crippen LogP contribution in [0.25, 0.3) is 0 Å². The molecule has 0 aromatic carbocycles. The van der Waals surface area contributed by atoms with Crippen molar-refractivity contribution in [3.8, 4) is 0 Å². The lowest BCUT2D eigenvalue weighted by atomic mass is 9.89. The lowest BCUT2D eigenvalue weighted by Gasteiger charge is -2.21. The lowest BCUT2D eigenvalue weighted by Crippen LogP contribution is -2.32. The number of hydrogen-bond donors (Lipinski definition) is 2. The van der Waals surface area contributed by atoms with E-state index in [4.69, 9.17) is 0 Å². The van der Waals surface area contributed by atoms with Crippen molar-refractivity contribution < 1.29 is 8.42 Å². The second-order valence-electron chi connectivity index (χ2n) is 5.89. The van der Waals surface area contributed by atoms with Crippen molar-refractivity contribution >= 4 is 15.7 Å². The third kappa shape index (κ3) is 2.54. The van der Waals surface area contributed by atoms with Crippen LogP contribution in [0, 0.1) is 17.8 Å². The Balaban J connectivity index is 1.69. The van der Waals surface area contributed by atoms with Gasteiger partial charge >= 0.3 is 0 Å². The minimum atomic E-state index is -3.53. The Hall–Kier alpha value is -1.14. The molecule has 2 aliphatic rings. The van der Waals surface area contributed by atoms with Crippen molar-refractivity contribution in [1.29, 1.82) is 0 Å². The van der Waals surface area contributed by atoms with E-state index in [-0.39, 0.29) is 5.03 Å². The summed E-state index contributed by atoms with van der Waals surface area (Å²) >= 11 is 0. The van der Waals surface area contributed by atoms with E-state index < -0.39 is 10.0 Å². The van der Waals surface area contributed by atoms with Gasteiger partial charge in [-0.1, -0.05) is 6.42 Å². The van der Waals surface area contributed by atoms with Crippen LogP contribution in [0.4, 0.5) is 5.69 Å². The quantitative estimate of drug-likeness (QED) is 0.869. The molecule has 5 nitrogen and oxygen atoms in total. The number of rotatable bonds is 5. The van der Waals surface area contributed by atoms with Crippen LogP contribution >= 0.6 is 0 Å². The first kappa shape index (κ1) is 13.8. The molecule has 0 amide bonds. The van der Waals surface area contributed by atoms with Crippen LogP contribution in [0.1, 0.15) is 25.7 Å². The van der Waals surface area contributed by atoms with Crippen LogP contribution in [-0.2, 0) is 10.0 Å². The standard InChI is InChI=1S/C14H21N3O2S/c1-15-13-3-2-6-16-14(13)20(18,19)17-9-12-8-10-4-5-11(12)7-10/h2-3,6,10-12,15,17H,4-5,7-9H2,1H3. The van der Waals surface area contributed by atoms with Crippen LogP contribution in [-0.4, -0.2) is 27.0 Å². The highest BCUT2D eigenvalue weighted by atomic mass is 32.2.